The maximum atomic E-state index is 11.2. The normalized spacial score (nSPS) is 15.6. The van der Waals surface area contributed by atoms with Gasteiger partial charge in [-0.2, -0.15) is 0 Å². The van der Waals surface area contributed by atoms with Crippen molar-refractivity contribution in [3.63, 3.8) is 0 Å². The van der Waals surface area contributed by atoms with Crippen molar-refractivity contribution in [3.8, 4) is 0 Å². The Morgan fingerprint density at radius 2 is 1.77 bits per heavy atom. The van der Waals surface area contributed by atoms with Crippen molar-refractivity contribution < 1.29 is 13.6 Å². The molecule has 0 fully saturated rings. The lowest BCUT2D eigenvalue weighted by Gasteiger charge is -2.10. The third kappa shape index (κ3) is 8.48. The average molecular weight is 208 g/mol. The highest BCUT2D eigenvalue weighted by Crippen LogP contribution is 2.42. The molecule has 0 spiro atoms. The number of hydrogen-bond acceptors (Lipinski definition) is 3. The van der Waals surface area contributed by atoms with Crippen LogP contribution in [0.2, 0.25) is 0 Å². The monoisotopic (exact) mass is 208 g/mol. The minimum absolute atomic E-state index is 0.547. The van der Waals surface area contributed by atoms with Crippen molar-refractivity contribution in [1.82, 2.24) is 0 Å². The van der Waals surface area contributed by atoms with E-state index in [-0.39, 0.29) is 0 Å². The van der Waals surface area contributed by atoms with E-state index >= 15 is 0 Å². The molecule has 0 radical (unpaired) electrons. The van der Waals surface area contributed by atoms with Crippen LogP contribution in [0.5, 0.6) is 0 Å². The third-order valence-electron chi connectivity index (χ3n) is 1.91. The molecule has 1 unspecified atom stereocenters. The zero-order valence-electron chi connectivity index (χ0n) is 8.91. The molecule has 0 rings (SSSR count). The molecule has 0 saturated heterocycles. The summed E-state index contributed by atoms with van der Waals surface area (Å²) in [5.41, 5.74) is 0. The van der Waals surface area contributed by atoms with E-state index in [2.05, 4.69) is 6.92 Å². The van der Waals surface area contributed by atoms with E-state index in [0.717, 1.165) is 12.8 Å². The molecule has 4 heteroatoms. The molecule has 0 heterocycles. The molecule has 0 aliphatic heterocycles. The second-order valence-electron chi connectivity index (χ2n) is 3.20. The van der Waals surface area contributed by atoms with Crippen LogP contribution in [0, 0.1) is 0 Å². The largest absolute Gasteiger partial charge is 0.327 e. The third-order valence-corrected chi connectivity index (χ3v) is 3.22. The van der Waals surface area contributed by atoms with Crippen LogP contribution in [0.1, 0.15) is 39.0 Å². The fraction of sp³-hybridized carbons (Fsp3) is 1.00. The zero-order valence-corrected chi connectivity index (χ0v) is 9.81. The Kier molecular flexibility index (Phi) is 7.63. The van der Waals surface area contributed by atoms with Crippen molar-refractivity contribution in [2.24, 2.45) is 0 Å². The Morgan fingerprint density at radius 3 is 2.31 bits per heavy atom. The van der Waals surface area contributed by atoms with E-state index in [1.165, 1.54) is 33.0 Å². The van der Waals surface area contributed by atoms with Crippen LogP contribution in [0.3, 0.4) is 0 Å². The quantitative estimate of drug-likeness (QED) is 0.452. The van der Waals surface area contributed by atoms with Crippen LogP contribution >= 0.6 is 7.60 Å². The molecule has 3 nitrogen and oxygen atoms in total. The maximum absolute atomic E-state index is 11.2. The number of hydrogen-bond donors (Lipinski definition) is 0. The fourth-order valence-electron chi connectivity index (χ4n) is 0.989. The van der Waals surface area contributed by atoms with Crippen LogP contribution in [0.15, 0.2) is 0 Å². The predicted molar refractivity (Wildman–Crippen MR) is 55.3 cm³/mol. The Balaban J connectivity index is 3.21. The minimum Gasteiger partial charge on any atom is -0.312 e. The van der Waals surface area contributed by atoms with E-state index < -0.39 is 7.60 Å². The Labute approximate surface area is 81.3 Å². The Hall–Kier alpha value is 0.150. The van der Waals surface area contributed by atoms with Crippen LogP contribution in [-0.2, 0) is 13.6 Å². The van der Waals surface area contributed by atoms with Gasteiger partial charge in [0.15, 0.2) is 0 Å². The fourth-order valence-corrected chi connectivity index (χ4v) is 1.55. The highest BCUT2D eigenvalue weighted by Gasteiger charge is 2.12. The van der Waals surface area contributed by atoms with Gasteiger partial charge in [-0.3, -0.25) is 4.57 Å². The summed E-state index contributed by atoms with van der Waals surface area (Å²) < 4.78 is 21.0. The van der Waals surface area contributed by atoms with Gasteiger partial charge in [0.25, 0.3) is 0 Å². The Bertz CT molecular complexity index is 159. The minimum atomic E-state index is -2.73. The molecule has 0 N–H and O–H groups in total. The average Bonchev–Trinajstić information content (AvgIpc) is 2.11. The molecule has 0 aliphatic rings. The van der Waals surface area contributed by atoms with Crippen LogP contribution in [-0.4, -0.2) is 20.4 Å². The molecule has 1 atom stereocenters. The summed E-state index contributed by atoms with van der Waals surface area (Å²) in [6, 6.07) is 0. The number of unbranched alkanes of at least 4 members (excludes halogenated alkanes) is 4. The van der Waals surface area contributed by atoms with Gasteiger partial charge in [-0.1, -0.05) is 32.6 Å². The van der Waals surface area contributed by atoms with E-state index in [1.807, 2.05) is 0 Å². The molecule has 0 aromatic heterocycles. The first kappa shape index (κ1) is 13.2. The summed E-state index contributed by atoms with van der Waals surface area (Å²) >= 11 is 0. The SMILES string of the molecule is CCCCCCCOP(C)(=O)OC. The van der Waals surface area contributed by atoms with Gasteiger partial charge in [0, 0.05) is 13.8 Å². The first-order valence-electron chi connectivity index (χ1n) is 4.90. The summed E-state index contributed by atoms with van der Waals surface area (Å²) in [7, 11) is -1.31. The smallest absolute Gasteiger partial charge is 0.312 e. The van der Waals surface area contributed by atoms with Gasteiger partial charge < -0.3 is 9.05 Å². The van der Waals surface area contributed by atoms with Gasteiger partial charge in [0.1, 0.15) is 0 Å². The Morgan fingerprint density at radius 1 is 1.15 bits per heavy atom. The molecule has 0 bridgehead atoms. The summed E-state index contributed by atoms with van der Waals surface area (Å²) in [6.45, 7) is 4.23. The summed E-state index contributed by atoms with van der Waals surface area (Å²) in [5.74, 6) is 0. The maximum Gasteiger partial charge on any atom is 0.327 e. The highest BCUT2D eigenvalue weighted by atomic mass is 31.2. The van der Waals surface area contributed by atoms with Gasteiger partial charge in [0.05, 0.1) is 6.61 Å². The standard InChI is InChI=1S/C9H21O3P/c1-4-5-6-7-8-9-12-13(3,10)11-2/h4-9H2,1-3H3. The van der Waals surface area contributed by atoms with Crippen molar-refractivity contribution in [1.29, 1.82) is 0 Å². The molecule has 80 valence electrons. The van der Waals surface area contributed by atoms with Crippen molar-refractivity contribution in [3.05, 3.63) is 0 Å². The molecular weight excluding hydrogens is 187 g/mol. The molecule has 0 amide bonds. The van der Waals surface area contributed by atoms with Crippen molar-refractivity contribution in [2.75, 3.05) is 20.4 Å². The molecule has 0 aromatic rings. The zero-order chi connectivity index (χ0) is 10.2. The van der Waals surface area contributed by atoms with Crippen LogP contribution in [0.25, 0.3) is 0 Å². The highest BCUT2D eigenvalue weighted by molar-refractivity contribution is 7.52. The molecule has 0 aromatic carbocycles. The van der Waals surface area contributed by atoms with Gasteiger partial charge >= 0.3 is 7.60 Å². The first-order chi connectivity index (χ1) is 6.12. The lowest BCUT2D eigenvalue weighted by Crippen LogP contribution is -1.93. The molecule has 0 saturated carbocycles. The van der Waals surface area contributed by atoms with Gasteiger partial charge in [-0.15, -0.1) is 0 Å². The van der Waals surface area contributed by atoms with Crippen molar-refractivity contribution >= 4 is 7.60 Å². The summed E-state index contributed by atoms with van der Waals surface area (Å²) in [5, 5.41) is 0. The first-order valence-corrected chi connectivity index (χ1v) is 6.89. The lowest BCUT2D eigenvalue weighted by molar-refractivity contribution is 0.233. The van der Waals surface area contributed by atoms with E-state index in [0.29, 0.717) is 6.61 Å². The van der Waals surface area contributed by atoms with Crippen LogP contribution in [0.4, 0.5) is 0 Å². The molecule has 13 heavy (non-hydrogen) atoms. The van der Waals surface area contributed by atoms with Gasteiger partial charge in [0.2, 0.25) is 0 Å². The predicted octanol–water partition coefficient (Wildman–Crippen LogP) is 3.44. The molecular formula is C9H21O3P. The van der Waals surface area contributed by atoms with Crippen LogP contribution < -0.4 is 0 Å². The van der Waals surface area contributed by atoms with E-state index in [4.69, 9.17) is 9.05 Å². The lowest BCUT2D eigenvalue weighted by atomic mass is 10.2. The second-order valence-corrected chi connectivity index (χ2v) is 5.37. The van der Waals surface area contributed by atoms with E-state index in [1.54, 1.807) is 0 Å². The van der Waals surface area contributed by atoms with Gasteiger partial charge in [-0.25, -0.2) is 0 Å². The van der Waals surface area contributed by atoms with E-state index in [9.17, 15) is 4.57 Å². The van der Waals surface area contributed by atoms with Gasteiger partial charge in [-0.05, 0) is 6.42 Å². The second kappa shape index (κ2) is 7.54. The summed E-state index contributed by atoms with van der Waals surface area (Å²) in [6.07, 6.45) is 5.87. The molecule has 0 aliphatic carbocycles. The van der Waals surface area contributed by atoms with Crippen molar-refractivity contribution in [2.45, 2.75) is 39.0 Å². The summed E-state index contributed by atoms with van der Waals surface area (Å²) in [4.78, 5) is 0. The topological polar surface area (TPSA) is 35.5 Å². The number of rotatable bonds is 8.